The summed E-state index contributed by atoms with van der Waals surface area (Å²) in [6.45, 7) is 0. The number of pyridine rings is 2. The Morgan fingerprint density at radius 2 is 0.684 bits per heavy atom. The summed E-state index contributed by atoms with van der Waals surface area (Å²) in [4.78, 5) is 0. The Kier molecular flexibility index (Phi) is 33.3. The van der Waals surface area contributed by atoms with Crippen molar-refractivity contribution in [3.8, 4) is 0 Å². The van der Waals surface area contributed by atoms with Crippen molar-refractivity contribution in [3.05, 3.63) is 71.6 Å². The van der Waals surface area contributed by atoms with E-state index in [4.69, 9.17) is 0 Å². The molecule has 9 heteroatoms. The predicted octanol–water partition coefficient (Wildman–Crippen LogP) is 1.95. The molecule has 2 heterocycles. The molecule has 2 rings (SSSR count). The molecule has 108 valence electrons. The first-order valence-corrected chi connectivity index (χ1v) is 4.06. The minimum Gasteiger partial charge on any atom is -0.619 e. The molecule has 0 N–H and O–H groups in total. The monoisotopic (exact) mass is 454 g/mol. The Labute approximate surface area is 154 Å². The summed E-state index contributed by atoms with van der Waals surface area (Å²) in [6.07, 6.45) is 5.78. The normalized spacial score (nSPS) is 6.32. The molecule has 2 aromatic heterocycles. The van der Waals surface area contributed by atoms with Gasteiger partial charge in [-0.25, -0.2) is 0 Å². The molecule has 0 amide bonds. The van der Waals surface area contributed by atoms with Crippen LogP contribution in [0.2, 0.25) is 0 Å². The maximum Gasteiger partial charge on any atom is 0.180 e. The Morgan fingerprint density at radius 3 is 0.789 bits per heavy atom. The molecule has 4 radical (unpaired) electrons. The SMILES string of the molecule is Cl.Cl.Cl.Cl.[O-][n+]1ccccc1.[O-][n+]1ccccc1.[Sn]. The van der Waals surface area contributed by atoms with Crippen molar-refractivity contribution in [2.75, 3.05) is 0 Å². The second-order valence-corrected chi connectivity index (χ2v) is 2.47. The number of hydrogen-bond acceptors (Lipinski definition) is 2. The molecule has 2 aromatic rings. The molecule has 0 aliphatic rings. The molecule has 0 atom stereocenters. The van der Waals surface area contributed by atoms with E-state index < -0.39 is 0 Å². The van der Waals surface area contributed by atoms with Crippen LogP contribution in [0.1, 0.15) is 0 Å². The Bertz CT molecular complexity index is 333. The predicted molar refractivity (Wildman–Crippen MR) is 85.6 cm³/mol. The third-order valence-electron chi connectivity index (χ3n) is 1.38. The van der Waals surface area contributed by atoms with Gasteiger partial charge in [0.1, 0.15) is 0 Å². The summed E-state index contributed by atoms with van der Waals surface area (Å²) in [5.41, 5.74) is 0. The smallest absolute Gasteiger partial charge is 0.180 e. The topological polar surface area (TPSA) is 53.9 Å². The Hall–Kier alpha value is -0.141. The molecule has 0 aliphatic carbocycles. The Morgan fingerprint density at radius 1 is 0.474 bits per heavy atom. The molecule has 4 nitrogen and oxygen atoms in total. The van der Waals surface area contributed by atoms with Gasteiger partial charge in [0.25, 0.3) is 0 Å². The third kappa shape index (κ3) is 17.9. The third-order valence-corrected chi connectivity index (χ3v) is 1.38. The average molecular weight is 455 g/mol. The maximum absolute atomic E-state index is 10.2. The summed E-state index contributed by atoms with van der Waals surface area (Å²) < 4.78 is 1.50. The summed E-state index contributed by atoms with van der Waals surface area (Å²) in [6, 6.07) is 10.4. The summed E-state index contributed by atoms with van der Waals surface area (Å²) in [5.74, 6) is 0. The zero-order valence-corrected chi connectivity index (χ0v) is 15.7. The molecular weight excluding hydrogens is 441 g/mol. The molecule has 0 bridgehead atoms. The zero-order valence-electron chi connectivity index (χ0n) is 9.62. The van der Waals surface area contributed by atoms with Crippen LogP contribution in [0.3, 0.4) is 0 Å². The first kappa shape index (κ1) is 31.3. The van der Waals surface area contributed by atoms with Gasteiger partial charge in [-0.1, -0.05) is 12.1 Å². The molecule has 19 heavy (non-hydrogen) atoms. The van der Waals surface area contributed by atoms with Gasteiger partial charge in [0.2, 0.25) is 0 Å². The van der Waals surface area contributed by atoms with E-state index in [1.807, 2.05) is 0 Å². The fraction of sp³-hybridized carbons (Fsp3) is 0. The van der Waals surface area contributed by atoms with Gasteiger partial charge in [0.05, 0.1) is 0 Å². The first-order chi connectivity index (χ1) is 6.79. The van der Waals surface area contributed by atoms with Crippen LogP contribution in [0, 0.1) is 10.4 Å². The Balaban J connectivity index is -0.0000000544. The second kappa shape index (κ2) is 20.2. The van der Waals surface area contributed by atoms with E-state index in [2.05, 4.69) is 0 Å². The van der Waals surface area contributed by atoms with E-state index in [1.165, 1.54) is 24.8 Å². The van der Waals surface area contributed by atoms with Crippen molar-refractivity contribution in [3.63, 3.8) is 0 Å². The minimum absolute atomic E-state index is 0. The van der Waals surface area contributed by atoms with Crippen molar-refractivity contribution in [1.29, 1.82) is 0 Å². The van der Waals surface area contributed by atoms with Gasteiger partial charge in [-0.05, 0) is 0 Å². The number of halogens is 4. The molecular formula is C10H14Cl4N2O2Sn. The molecule has 0 unspecified atom stereocenters. The number of rotatable bonds is 0. The van der Waals surface area contributed by atoms with Crippen LogP contribution < -0.4 is 9.46 Å². The van der Waals surface area contributed by atoms with Gasteiger partial charge in [0.15, 0.2) is 24.8 Å². The van der Waals surface area contributed by atoms with Crippen LogP contribution in [-0.2, 0) is 0 Å². The van der Waals surface area contributed by atoms with E-state index in [0.29, 0.717) is 0 Å². The van der Waals surface area contributed by atoms with Crippen molar-refractivity contribution in [1.82, 2.24) is 0 Å². The van der Waals surface area contributed by atoms with E-state index in [0.717, 1.165) is 9.46 Å². The number of nitrogens with zero attached hydrogens (tertiary/aromatic N) is 2. The number of aromatic nitrogens is 2. The molecule has 0 saturated heterocycles. The van der Waals surface area contributed by atoms with Crippen molar-refractivity contribution >= 4 is 73.5 Å². The maximum atomic E-state index is 10.2. The van der Waals surface area contributed by atoms with Gasteiger partial charge in [-0.3, -0.25) is 0 Å². The van der Waals surface area contributed by atoms with Gasteiger partial charge in [-0.15, -0.1) is 49.6 Å². The molecule has 0 spiro atoms. The fourth-order valence-electron chi connectivity index (χ4n) is 0.766. The van der Waals surface area contributed by atoms with Gasteiger partial charge in [-0.2, -0.15) is 9.46 Å². The quantitative estimate of drug-likeness (QED) is 0.347. The van der Waals surface area contributed by atoms with Crippen LogP contribution in [0.15, 0.2) is 61.2 Å². The summed E-state index contributed by atoms with van der Waals surface area (Å²) in [7, 11) is 0. The number of hydrogen-bond donors (Lipinski definition) is 0. The zero-order chi connectivity index (χ0) is 10.2. The van der Waals surface area contributed by atoms with Gasteiger partial charge < -0.3 is 10.4 Å². The van der Waals surface area contributed by atoms with Crippen molar-refractivity contribution in [2.24, 2.45) is 0 Å². The summed E-state index contributed by atoms with van der Waals surface area (Å²) >= 11 is 0. The van der Waals surface area contributed by atoms with E-state index in [1.54, 1.807) is 36.4 Å². The van der Waals surface area contributed by atoms with Crippen molar-refractivity contribution in [2.45, 2.75) is 0 Å². The van der Waals surface area contributed by atoms with Crippen LogP contribution in [-0.4, -0.2) is 23.9 Å². The largest absolute Gasteiger partial charge is 0.619 e. The molecule has 0 fully saturated rings. The van der Waals surface area contributed by atoms with E-state index in [9.17, 15) is 10.4 Å². The minimum atomic E-state index is 0. The van der Waals surface area contributed by atoms with Crippen LogP contribution in [0.4, 0.5) is 0 Å². The van der Waals surface area contributed by atoms with Crippen LogP contribution in [0.5, 0.6) is 0 Å². The van der Waals surface area contributed by atoms with E-state index >= 15 is 0 Å². The average Bonchev–Trinajstić information content (AvgIpc) is 2.21. The second-order valence-electron chi connectivity index (χ2n) is 2.47. The van der Waals surface area contributed by atoms with E-state index in [-0.39, 0.29) is 73.5 Å². The van der Waals surface area contributed by atoms with Crippen LogP contribution in [0.25, 0.3) is 0 Å². The van der Waals surface area contributed by atoms with Crippen LogP contribution >= 0.6 is 49.6 Å². The van der Waals surface area contributed by atoms with Gasteiger partial charge >= 0.3 is 0 Å². The van der Waals surface area contributed by atoms with Gasteiger partial charge in [0, 0.05) is 48.2 Å². The first-order valence-electron chi connectivity index (χ1n) is 4.06. The standard InChI is InChI=1S/2C5H5NO.4ClH.Sn/c2*7-6-4-2-1-3-5-6;;;;;/h2*1-5H;4*1H;. The summed E-state index contributed by atoms with van der Waals surface area (Å²) in [5, 5.41) is 20.4. The van der Waals surface area contributed by atoms with Crippen molar-refractivity contribution < 1.29 is 9.46 Å². The molecule has 0 aliphatic heterocycles. The fourth-order valence-corrected chi connectivity index (χ4v) is 0.766. The molecule has 0 saturated carbocycles. The molecule has 0 aromatic carbocycles.